The van der Waals surface area contributed by atoms with Gasteiger partial charge in [0.1, 0.15) is 6.10 Å². The van der Waals surface area contributed by atoms with Crippen LogP contribution in [0.25, 0.3) is 0 Å². The summed E-state index contributed by atoms with van der Waals surface area (Å²) < 4.78 is 5.98. The molecule has 24 heavy (non-hydrogen) atoms. The number of hydrogen-bond donors (Lipinski definition) is 0. The summed E-state index contributed by atoms with van der Waals surface area (Å²) in [4.78, 5) is 13.5. The summed E-state index contributed by atoms with van der Waals surface area (Å²) in [5.41, 5.74) is 4.17. The molecule has 0 saturated carbocycles. The maximum Gasteiger partial charge on any atom is 0.112 e. The number of aromatic nitrogens is 2. The summed E-state index contributed by atoms with van der Waals surface area (Å²) in [6.45, 7) is 5.23. The summed E-state index contributed by atoms with van der Waals surface area (Å²) in [5, 5.41) is 0.666. The van der Waals surface area contributed by atoms with Crippen LogP contribution in [0.15, 0.2) is 30.5 Å². The Bertz CT molecular complexity index is 690. The van der Waals surface area contributed by atoms with E-state index in [1.54, 1.807) is 6.20 Å². The van der Waals surface area contributed by atoms with Crippen LogP contribution in [-0.2, 0) is 11.3 Å². The highest BCUT2D eigenvalue weighted by atomic mass is 35.5. The summed E-state index contributed by atoms with van der Waals surface area (Å²) in [6.07, 6.45) is 1.69. The molecule has 1 fully saturated rings. The normalized spacial score (nSPS) is 18.6. The van der Waals surface area contributed by atoms with Crippen molar-refractivity contribution in [1.29, 1.82) is 0 Å². The first-order chi connectivity index (χ1) is 11.5. The van der Waals surface area contributed by atoms with Crippen LogP contribution in [0, 0.1) is 6.92 Å². The van der Waals surface area contributed by atoms with Gasteiger partial charge in [0.15, 0.2) is 0 Å². The lowest BCUT2D eigenvalue weighted by Gasteiger charge is -2.32. The number of nitrogens with zero attached hydrogens (tertiary/aromatic N) is 4. The Labute approximate surface area is 148 Å². The first kappa shape index (κ1) is 17.1. The lowest BCUT2D eigenvalue weighted by atomic mass is 10.1. The van der Waals surface area contributed by atoms with Crippen LogP contribution in [0.5, 0.6) is 0 Å². The fraction of sp³-hybridized carbons (Fsp3) is 0.444. The highest BCUT2D eigenvalue weighted by molar-refractivity contribution is 6.30. The average molecular weight is 347 g/mol. The van der Waals surface area contributed by atoms with Crippen molar-refractivity contribution in [2.24, 2.45) is 0 Å². The van der Waals surface area contributed by atoms with Gasteiger partial charge in [-0.2, -0.15) is 0 Å². The Morgan fingerprint density at radius 2 is 2.17 bits per heavy atom. The maximum absolute atomic E-state index is 5.98. The second kappa shape index (κ2) is 7.47. The van der Waals surface area contributed by atoms with Crippen LogP contribution in [0.3, 0.4) is 0 Å². The van der Waals surface area contributed by atoms with Crippen LogP contribution in [0.1, 0.15) is 23.2 Å². The molecule has 5 nitrogen and oxygen atoms in total. The molecule has 1 aliphatic rings. The predicted octanol–water partition coefficient (Wildman–Crippen LogP) is 3.08. The van der Waals surface area contributed by atoms with Crippen LogP contribution < -0.4 is 4.90 Å². The van der Waals surface area contributed by atoms with Crippen LogP contribution in [-0.4, -0.2) is 48.7 Å². The molecule has 0 unspecified atom stereocenters. The number of anilines is 1. The summed E-state index contributed by atoms with van der Waals surface area (Å²) in [5.74, 6) is 0. The fourth-order valence-electron chi connectivity index (χ4n) is 2.85. The number of pyridine rings is 2. The van der Waals surface area contributed by atoms with Crippen molar-refractivity contribution in [3.05, 3.63) is 52.6 Å². The molecule has 0 amide bonds. The van der Waals surface area contributed by atoms with E-state index in [-0.39, 0.29) is 6.10 Å². The van der Waals surface area contributed by atoms with E-state index in [9.17, 15) is 0 Å². The van der Waals surface area contributed by atoms with Gasteiger partial charge in [0.2, 0.25) is 0 Å². The van der Waals surface area contributed by atoms with E-state index in [1.165, 1.54) is 0 Å². The molecule has 1 saturated heterocycles. The molecular weight excluding hydrogens is 324 g/mol. The second-order valence-electron chi connectivity index (χ2n) is 6.35. The summed E-state index contributed by atoms with van der Waals surface area (Å²) in [6, 6.07) is 8.05. The van der Waals surface area contributed by atoms with Crippen molar-refractivity contribution in [3.63, 3.8) is 0 Å². The predicted molar refractivity (Wildman–Crippen MR) is 96.5 cm³/mol. The zero-order chi connectivity index (χ0) is 17.1. The van der Waals surface area contributed by atoms with E-state index in [0.29, 0.717) is 11.6 Å². The summed E-state index contributed by atoms with van der Waals surface area (Å²) >= 11 is 5.90. The molecule has 2 aromatic rings. The lowest BCUT2D eigenvalue weighted by molar-refractivity contribution is -0.0353. The Kier molecular flexibility index (Phi) is 5.33. The molecule has 0 spiro atoms. The molecule has 2 aromatic heterocycles. The number of rotatable bonds is 4. The standard InChI is InChI=1S/C18H23ClN4O/c1-13-8-16(22(2)3)9-17(21-13)18-12-23(6-7-24-18)11-15-5-4-14(19)10-20-15/h4-5,8-10,18H,6-7,11-12H2,1-3H3/t18-/m1/s1. The number of aryl methyl sites for hydroxylation is 1. The molecule has 0 bridgehead atoms. The smallest absolute Gasteiger partial charge is 0.112 e. The minimum absolute atomic E-state index is 0.00958. The van der Waals surface area contributed by atoms with Crippen molar-refractivity contribution in [2.45, 2.75) is 19.6 Å². The monoisotopic (exact) mass is 346 g/mol. The SMILES string of the molecule is Cc1cc(N(C)C)cc([C@H]2CN(Cc3ccc(Cl)cn3)CCO2)n1. The largest absolute Gasteiger partial charge is 0.378 e. The Morgan fingerprint density at radius 3 is 2.88 bits per heavy atom. The van der Waals surface area contributed by atoms with Crippen molar-refractivity contribution < 1.29 is 4.74 Å². The Morgan fingerprint density at radius 1 is 1.33 bits per heavy atom. The van der Waals surface area contributed by atoms with Gasteiger partial charge in [-0.25, -0.2) is 0 Å². The van der Waals surface area contributed by atoms with E-state index in [2.05, 4.69) is 31.9 Å². The number of hydrogen-bond acceptors (Lipinski definition) is 5. The van der Waals surface area contributed by atoms with Gasteiger partial charge in [-0.15, -0.1) is 0 Å². The first-order valence-electron chi connectivity index (χ1n) is 8.11. The highest BCUT2D eigenvalue weighted by Crippen LogP contribution is 2.25. The molecule has 0 aromatic carbocycles. The Balaban J connectivity index is 1.72. The zero-order valence-electron chi connectivity index (χ0n) is 14.4. The van der Waals surface area contributed by atoms with Crippen molar-refractivity contribution in [2.75, 3.05) is 38.7 Å². The van der Waals surface area contributed by atoms with Gasteiger partial charge in [0.25, 0.3) is 0 Å². The highest BCUT2D eigenvalue weighted by Gasteiger charge is 2.24. The molecule has 128 valence electrons. The van der Waals surface area contributed by atoms with Gasteiger partial charge >= 0.3 is 0 Å². The van der Waals surface area contributed by atoms with E-state index < -0.39 is 0 Å². The fourth-order valence-corrected chi connectivity index (χ4v) is 2.96. The van der Waals surface area contributed by atoms with Gasteiger partial charge in [-0.3, -0.25) is 14.9 Å². The van der Waals surface area contributed by atoms with Crippen molar-refractivity contribution in [3.8, 4) is 0 Å². The summed E-state index contributed by atoms with van der Waals surface area (Å²) in [7, 11) is 4.08. The maximum atomic E-state index is 5.98. The molecule has 0 radical (unpaired) electrons. The van der Waals surface area contributed by atoms with E-state index in [1.807, 2.05) is 33.2 Å². The van der Waals surface area contributed by atoms with Gasteiger partial charge < -0.3 is 9.64 Å². The molecule has 0 N–H and O–H groups in total. The third-order valence-electron chi connectivity index (χ3n) is 4.13. The molecule has 6 heteroatoms. The minimum atomic E-state index is -0.00958. The topological polar surface area (TPSA) is 41.5 Å². The second-order valence-corrected chi connectivity index (χ2v) is 6.78. The van der Waals surface area contributed by atoms with Crippen LogP contribution in [0.4, 0.5) is 5.69 Å². The quantitative estimate of drug-likeness (QED) is 0.851. The molecule has 3 rings (SSSR count). The Hall–Kier alpha value is -1.69. The van der Waals surface area contributed by atoms with Gasteiger partial charge in [0, 0.05) is 51.3 Å². The molecular formula is C18H23ClN4O. The van der Waals surface area contributed by atoms with Crippen molar-refractivity contribution >= 4 is 17.3 Å². The molecule has 0 aliphatic carbocycles. The zero-order valence-corrected chi connectivity index (χ0v) is 15.1. The molecule has 1 atom stereocenters. The number of halogens is 1. The molecule has 3 heterocycles. The minimum Gasteiger partial charge on any atom is -0.378 e. The lowest BCUT2D eigenvalue weighted by Crippen LogP contribution is -2.38. The third-order valence-corrected chi connectivity index (χ3v) is 4.35. The van der Waals surface area contributed by atoms with E-state index >= 15 is 0 Å². The van der Waals surface area contributed by atoms with Gasteiger partial charge in [-0.05, 0) is 31.2 Å². The van der Waals surface area contributed by atoms with Crippen LogP contribution >= 0.6 is 11.6 Å². The van der Waals surface area contributed by atoms with E-state index in [0.717, 1.165) is 42.4 Å². The number of morpholine rings is 1. The molecule has 1 aliphatic heterocycles. The first-order valence-corrected chi connectivity index (χ1v) is 8.49. The van der Waals surface area contributed by atoms with Gasteiger partial charge in [-0.1, -0.05) is 11.6 Å². The van der Waals surface area contributed by atoms with Gasteiger partial charge in [0.05, 0.1) is 23.0 Å². The number of ether oxygens (including phenoxy) is 1. The van der Waals surface area contributed by atoms with Crippen LogP contribution in [0.2, 0.25) is 5.02 Å². The van der Waals surface area contributed by atoms with Crippen molar-refractivity contribution in [1.82, 2.24) is 14.9 Å². The third kappa shape index (κ3) is 4.23. The van der Waals surface area contributed by atoms with E-state index in [4.69, 9.17) is 16.3 Å². The average Bonchev–Trinajstić information content (AvgIpc) is 2.57.